The summed E-state index contributed by atoms with van der Waals surface area (Å²) >= 11 is 0. The van der Waals surface area contributed by atoms with Crippen LogP contribution in [-0.4, -0.2) is 24.9 Å². The van der Waals surface area contributed by atoms with E-state index in [0.29, 0.717) is 6.61 Å². The zero-order valence-corrected chi connectivity index (χ0v) is 10.6. The quantitative estimate of drug-likeness (QED) is 0.648. The molecule has 0 saturated carbocycles. The van der Waals surface area contributed by atoms with Crippen molar-refractivity contribution in [3.63, 3.8) is 0 Å². The van der Waals surface area contributed by atoms with E-state index < -0.39 is 0 Å². The Morgan fingerprint density at radius 1 is 1.18 bits per heavy atom. The lowest BCUT2D eigenvalue weighted by molar-refractivity contribution is 0.253. The molecule has 1 rings (SSSR count). The number of aliphatic hydroxyl groups excluding tert-OH is 1. The van der Waals surface area contributed by atoms with Gasteiger partial charge in [-0.1, -0.05) is 19.1 Å². The molecule has 96 valence electrons. The molecule has 2 N–H and O–H groups in total. The SMILES string of the molecule is CCCNCc1ccc(OCCCCO)cc1. The molecule has 0 saturated heterocycles. The van der Waals surface area contributed by atoms with E-state index in [1.165, 1.54) is 5.56 Å². The van der Waals surface area contributed by atoms with Crippen molar-refractivity contribution >= 4 is 0 Å². The molecule has 0 aromatic heterocycles. The van der Waals surface area contributed by atoms with Crippen LogP contribution in [0.15, 0.2) is 24.3 Å². The van der Waals surface area contributed by atoms with Crippen molar-refractivity contribution in [3.05, 3.63) is 29.8 Å². The van der Waals surface area contributed by atoms with Gasteiger partial charge in [-0.3, -0.25) is 0 Å². The summed E-state index contributed by atoms with van der Waals surface area (Å²) < 4.78 is 5.56. The molecule has 0 unspecified atom stereocenters. The predicted molar refractivity (Wildman–Crippen MR) is 70.3 cm³/mol. The summed E-state index contributed by atoms with van der Waals surface area (Å²) in [5.74, 6) is 0.905. The lowest BCUT2D eigenvalue weighted by Gasteiger charge is -2.07. The number of ether oxygens (including phenoxy) is 1. The summed E-state index contributed by atoms with van der Waals surface area (Å²) in [6.07, 6.45) is 2.86. The summed E-state index contributed by atoms with van der Waals surface area (Å²) in [7, 11) is 0. The number of nitrogens with one attached hydrogen (secondary N) is 1. The molecule has 0 bridgehead atoms. The second-order valence-electron chi connectivity index (χ2n) is 4.10. The van der Waals surface area contributed by atoms with Crippen LogP contribution in [0, 0.1) is 0 Å². The van der Waals surface area contributed by atoms with Crippen molar-refractivity contribution in [2.24, 2.45) is 0 Å². The third-order valence-corrected chi connectivity index (χ3v) is 2.50. The Morgan fingerprint density at radius 3 is 2.59 bits per heavy atom. The van der Waals surface area contributed by atoms with Gasteiger partial charge in [-0.25, -0.2) is 0 Å². The first-order valence-electron chi connectivity index (χ1n) is 6.40. The van der Waals surface area contributed by atoms with Crippen LogP contribution < -0.4 is 10.1 Å². The fourth-order valence-electron chi connectivity index (χ4n) is 1.52. The molecular formula is C14H23NO2. The molecule has 0 aliphatic rings. The zero-order valence-electron chi connectivity index (χ0n) is 10.6. The third-order valence-electron chi connectivity index (χ3n) is 2.50. The van der Waals surface area contributed by atoms with Crippen molar-refractivity contribution in [2.45, 2.75) is 32.7 Å². The van der Waals surface area contributed by atoms with Gasteiger partial charge < -0.3 is 15.2 Å². The molecule has 1 aromatic carbocycles. The fraction of sp³-hybridized carbons (Fsp3) is 0.571. The van der Waals surface area contributed by atoms with Crippen LogP contribution in [0.1, 0.15) is 31.7 Å². The minimum absolute atomic E-state index is 0.241. The topological polar surface area (TPSA) is 41.5 Å². The van der Waals surface area contributed by atoms with Crippen molar-refractivity contribution in [2.75, 3.05) is 19.8 Å². The molecule has 0 heterocycles. The van der Waals surface area contributed by atoms with Crippen LogP contribution in [-0.2, 0) is 6.54 Å². The van der Waals surface area contributed by atoms with E-state index in [4.69, 9.17) is 9.84 Å². The molecule has 0 atom stereocenters. The van der Waals surface area contributed by atoms with E-state index in [1.807, 2.05) is 12.1 Å². The second kappa shape index (κ2) is 9.02. The molecule has 0 aliphatic carbocycles. The van der Waals surface area contributed by atoms with E-state index in [9.17, 15) is 0 Å². The Hall–Kier alpha value is -1.06. The van der Waals surface area contributed by atoms with E-state index in [0.717, 1.165) is 38.1 Å². The first kappa shape index (κ1) is 14.0. The van der Waals surface area contributed by atoms with Gasteiger partial charge in [0, 0.05) is 13.2 Å². The Morgan fingerprint density at radius 2 is 1.94 bits per heavy atom. The predicted octanol–water partition coefficient (Wildman–Crippen LogP) is 2.34. The maximum atomic E-state index is 8.64. The van der Waals surface area contributed by atoms with Crippen LogP contribution >= 0.6 is 0 Å². The molecule has 1 aromatic rings. The monoisotopic (exact) mass is 237 g/mol. The molecule has 0 amide bonds. The van der Waals surface area contributed by atoms with Crippen molar-refractivity contribution in [1.82, 2.24) is 5.32 Å². The van der Waals surface area contributed by atoms with Gasteiger partial charge in [0.1, 0.15) is 5.75 Å². The number of unbranched alkanes of at least 4 members (excludes halogenated alkanes) is 1. The Kier molecular flexibility index (Phi) is 7.43. The summed E-state index contributed by atoms with van der Waals surface area (Å²) in [4.78, 5) is 0. The molecule has 0 spiro atoms. The lowest BCUT2D eigenvalue weighted by Crippen LogP contribution is -2.13. The van der Waals surface area contributed by atoms with Gasteiger partial charge in [-0.15, -0.1) is 0 Å². The highest BCUT2D eigenvalue weighted by atomic mass is 16.5. The second-order valence-corrected chi connectivity index (χ2v) is 4.10. The summed E-state index contributed by atoms with van der Waals surface area (Å²) in [6, 6.07) is 8.18. The third kappa shape index (κ3) is 6.29. The largest absolute Gasteiger partial charge is 0.494 e. The number of rotatable bonds is 9. The molecular weight excluding hydrogens is 214 g/mol. The minimum atomic E-state index is 0.241. The van der Waals surface area contributed by atoms with E-state index in [2.05, 4.69) is 24.4 Å². The van der Waals surface area contributed by atoms with Crippen molar-refractivity contribution in [3.8, 4) is 5.75 Å². The number of benzene rings is 1. The Labute approximate surface area is 104 Å². The van der Waals surface area contributed by atoms with Gasteiger partial charge in [0.15, 0.2) is 0 Å². The molecule has 0 aliphatic heterocycles. The average Bonchev–Trinajstić information content (AvgIpc) is 2.37. The van der Waals surface area contributed by atoms with Gasteiger partial charge >= 0.3 is 0 Å². The van der Waals surface area contributed by atoms with Crippen LogP contribution in [0.5, 0.6) is 5.75 Å². The maximum Gasteiger partial charge on any atom is 0.119 e. The average molecular weight is 237 g/mol. The zero-order chi connectivity index (χ0) is 12.3. The first-order chi connectivity index (χ1) is 8.36. The first-order valence-corrected chi connectivity index (χ1v) is 6.40. The van der Waals surface area contributed by atoms with E-state index in [1.54, 1.807) is 0 Å². The standard InChI is InChI=1S/C14H23NO2/c1-2-9-15-12-13-5-7-14(8-6-13)17-11-4-3-10-16/h5-8,15-16H,2-4,9-12H2,1H3. The van der Waals surface area contributed by atoms with Gasteiger partial charge in [-0.05, 0) is 43.5 Å². The summed E-state index contributed by atoms with van der Waals surface area (Å²) in [6.45, 7) is 5.05. The fourth-order valence-corrected chi connectivity index (χ4v) is 1.52. The van der Waals surface area contributed by atoms with Gasteiger partial charge in [0.2, 0.25) is 0 Å². The molecule has 3 nitrogen and oxygen atoms in total. The normalized spacial score (nSPS) is 10.5. The maximum absolute atomic E-state index is 8.64. The highest BCUT2D eigenvalue weighted by Gasteiger charge is 1.95. The van der Waals surface area contributed by atoms with E-state index in [-0.39, 0.29) is 6.61 Å². The van der Waals surface area contributed by atoms with Crippen molar-refractivity contribution in [1.29, 1.82) is 0 Å². The Balaban J connectivity index is 2.24. The highest BCUT2D eigenvalue weighted by molar-refractivity contribution is 5.27. The summed E-state index contributed by atoms with van der Waals surface area (Å²) in [5.41, 5.74) is 1.28. The summed E-state index contributed by atoms with van der Waals surface area (Å²) in [5, 5.41) is 12.0. The number of hydrogen-bond acceptors (Lipinski definition) is 3. The molecule has 17 heavy (non-hydrogen) atoms. The van der Waals surface area contributed by atoms with Crippen LogP contribution in [0.3, 0.4) is 0 Å². The lowest BCUT2D eigenvalue weighted by atomic mass is 10.2. The van der Waals surface area contributed by atoms with E-state index >= 15 is 0 Å². The van der Waals surface area contributed by atoms with Crippen LogP contribution in [0.4, 0.5) is 0 Å². The highest BCUT2D eigenvalue weighted by Crippen LogP contribution is 2.12. The number of hydrogen-bond donors (Lipinski definition) is 2. The Bertz CT molecular complexity index is 285. The van der Waals surface area contributed by atoms with Crippen molar-refractivity contribution < 1.29 is 9.84 Å². The molecule has 0 fully saturated rings. The molecule has 0 radical (unpaired) electrons. The van der Waals surface area contributed by atoms with Crippen LogP contribution in [0.25, 0.3) is 0 Å². The molecule has 3 heteroatoms. The number of aliphatic hydroxyl groups is 1. The van der Waals surface area contributed by atoms with Gasteiger partial charge in [0.25, 0.3) is 0 Å². The smallest absolute Gasteiger partial charge is 0.119 e. The minimum Gasteiger partial charge on any atom is -0.494 e. The van der Waals surface area contributed by atoms with Crippen LogP contribution in [0.2, 0.25) is 0 Å². The van der Waals surface area contributed by atoms with Gasteiger partial charge in [-0.2, -0.15) is 0 Å². The van der Waals surface area contributed by atoms with Gasteiger partial charge in [0.05, 0.1) is 6.61 Å².